The summed E-state index contributed by atoms with van der Waals surface area (Å²) >= 11 is 5.16. The molecule has 0 aliphatic heterocycles. The molecule has 1 aromatic carbocycles. The van der Waals surface area contributed by atoms with Crippen molar-refractivity contribution < 1.29 is 14.3 Å². The van der Waals surface area contributed by atoms with Crippen LogP contribution >= 0.6 is 27.7 Å². The van der Waals surface area contributed by atoms with Crippen molar-refractivity contribution in [3.8, 4) is 0 Å². The van der Waals surface area contributed by atoms with Crippen LogP contribution in [0.4, 0.5) is 0 Å². The van der Waals surface area contributed by atoms with Crippen LogP contribution < -0.4 is 5.32 Å². The van der Waals surface area contributed by atoms with E-state index in [9.17, 15) is 9.59 Å². The van der Waals surface area contributed by atoms with Gasteiger partial charge >= 0.3 is 5.97 Å². The van der Waals surface area contributed by atoms with Gasteiger partial charge in [-0.15, -0.1) is 11.8 Å². The van der Waals surface area contributed by atoms with Gasteiger partial charge in [-0.1, -0.05) is 0 Å². The number of thioether (sulfide) groups is 1. The van der Waals surface area contributed by atoms with E-state index in [-0.39, 0.29) is 17.9 Å². The van der Waals surface area contributed by atoms with Crippen molar-refractivity contribution in [1.82, 2.24) is 5.32 Å². The van der Waals surface area contributed by atoms with E-state index in [0.29, 0.717) is 0 Å². The molecule has 26 heavy (non-hydrogen) atoms. The van der Waals surface area contributed by atoms with Gasteiger partial charge < -0.3 is 10.1 Å². The van der Waals surface area contributed by atoms with Crippen molar-refractivity contribution in [1.29, 1.82) is 0 Å². The third-order valence-electron chi connectivity index (χ3n) is 4.15. The van der Waals surface area contributed by atoms with Gasteiger partial charge in [-0.25, -0.2) is 0 Å². The first-order valence-electron chi connectivity index (χ1n) is 8.88. The molecule has 1 unspecified atom stereocenters. The molecule has 0 heterocycles. The number of hydrogen-bond donors (Lipinski definition) is 1. The average Bonchev–Trinajstić information content (AvgIpc) is 2.45. The summed E-state index contributed by atoms with van der Waals surface area (Å²) in [7, 11) is 0. The highest BCUT2D eigenvalue weighted by Crippen LogP contribution is 2.41. The first kappa shape index (κ1) is 21.3. The molecule has 0 radical (unpaired) electrons. The van der Waals surface area contributed by atoms with Crippen LogP contribution in [-0.4, -0.2) is 28.3 Å². The molecular weight excluding hydrogens is 414 g/mol. The lowest BCUT2D eigenvalue weighted by Gasteiger charge is -2.29. The predicted octanol–water partition coefficient (Wildman–Crippen LogP) is 4.65. The van der Waals surface area contributed by atoms with Gasteiger partial charge in [0.1, 0.15) is 10.3 Å². The van der Waals surface area contributed by atoms with Crippen LogP contribution in [-0.2, 0) is 27.2 Å². The van der Waals surface area contributed by atoms with E-state index in [4.69, 9.17) is 4.74 Å². The zero-order valence-electron chi connectivity index (χ0n) is 16.4. The average molecular weight is 442 g/mol. The van der Waals surface area contributed by atoms with Crippen LogP contribution in [0.15, 0.2) is 21.5 Å². The Morgan fingerprint density at radius 3 is 2.42 bits per heavy atom. The molecule has 2 rings (SSSR count). The summed E-state index contributed by atoms with van der Waals surface area (Å²) in [5, 5.41) is 3.01. The van der Waals surface area contributed by atoms with E-state index < -0.39 is 10.3 Å². The van der Waals surface area contributed by atoms with Crippen molar-refractivity contribution >= 4 is 39.6 Å². The zero-order chi connectivity index (χ0) is 19.7. The Morgan fingerprint density at radius 2 is 1.85 bits per heavy atom. The molecule has 1 aliphatic rings. The molecular formula is C20H28BrNO3S. The summed E-state index contributed by atoms with van der Waals surface area (Å²) in [4.78, 5) is 24.9. The molecule has 1 aliphatic carbocycles. The minimum atomic E-state index is -0.683. The highest BCUT2D eigenvalue weighted by Gasteiger charge is 2.34. The molecule has 4 nitrogen and oxygen atoms in total. The lowest BCUT2D eigenvalue weighted by molar-refractivity contribution is -0.156. The number of aryl methyl sites for hydroxylation is 1. The van der Waals surface area contributed by atoms with E-state index in [1.807, 2.05) is 34.6 Å². The minimum Gasteiger partial charge on any atom is -0.459 e. The number of amides is 1. The summed E-state index contributed by atoms with van der Waals surface area (Å²) in [6.07, 6.45) is 2.70. The monoisotopic (exact) mass is 441 g/mol. The summed E-state index contributed by atoms with van der Waals surface area (Å²) in [5.41, 5.74) is 2.04. The third-order valence-corrected chi connectivity index (χ3v) is 6.30. The van der Waals surface area contributed by atoms with Gasteiger partial charge in [-0.3, -0.25) is 9.59 Å². The van der Waals surface area contributed by atoms with E-state index in [2.05, 4.69) is 33.4 Å². The molecule has 0 spiro atoms. The molecule has 1 N–H and O–H groups in total. The first-order chi connectivity index (χ1) is 11.9. The number of esters is 1. The number of fused-ring (bicyclic) bond motifs is 1. The Hall–Kier alpha value is -1.01. The lowest BCUT2D eigenvalue weighted by Crippen LogP contribution is -2.37. The summed E-state index contributed by atoms with van der Waals surface area (Å²) < 4.78 is 5.85. The maximum absolute atomic E-state index is 12.5. The normalized spacial score (nSPS) is 17.4. The molecule has 0 saturated heterocycles. The predicted molar refractivity (Wildman–Crippen MR) is 110 cm³/mol. The smallest absolute Gasteiger partial charge is 0.322 e. The van der Waals surface area contributed by atoms with Crippen LogP contribution in [0.1, 0.15) is 59.1 Å². The molecule has 0 aromatic heterocycles. The Labute approximate surface area is 169 Å². The van der Waals surface area contributed by atoms with Gasteiger partial charge in [0.2, 0.25) is 5.91 Å². The van der Waals surface area contributed by atoms with Crippen LogP contribution in [0.25, 0.3) is 0 Å². The quantitative estimate of drug-likeness (QED) is 0.545. The fourth-order valence-electron chi connectivity index (χ4n) is 2.96. The molecule has 1 atom stereocenters. The zero-order valence-corrected chi connectivity index (χ0v) is 18.8. The number of nitrogens with one attached hydrogen (secondary N) is 1. The number of benzene rings is 1. The molecule has 0 fully saturated rings. The van der Waals surface area contributed by atoms with Gasteiger partial charge in [0.25, 0.3) is 0 Å². The topological polar surface area (TPSA) is 55.4 Å². The second kappa shape index (κ2) is 7.93. The van der Waals surface area contributed by atoms with Crippen molar-refractivity contribution in [2.24, 2.45) is 0 Å². The number of halogens is 1. The number of hydrogen-bond acceptors (Lipinski definition) is 4. The van der Waals surface area contributed by atoms with Crippen molar-refractivity contribution in [3.63, 3.8) is 0 Å². The lowest BCUT2D eigenvalue weighted by atomic mass is 9.88. The fourth-order valence-corrected chi connectivity index (χ4v) is 4.63. The Morgan fingerprint density at radius 1 is 1.19 bits per heavy atom. The second-order valence-corrected chi connectivity index (χ2v) is 10.8. The molecule has 1 amide bonds. The number of carbonyl (C=O) groups excluding carboxylic acids is 2. The summed E-state index contributed by atoms with van der Waals surface area (Å²) in [5.74, 6) is -0.200. The maximum Gasteiger partial charge on any atom is 0.322 e. The SMILES string of the molecule is CC(=O)NC1CCc2cc(SC(C)(C)C(=O)OC(C)(C)C)c(Br)cc2C1. The van der Waals surface area contributed by atoms with Crippen molar-refractivity contribution in [3.05, 3.63) is 27.7 Å². The molecule has 1 aromatic rings. The van der Waals surface area contributed by atoms with Gasteiger partial charge in [0.05, 0.1) is 0 Å². The largest absolute Gasteiger partial charge is 0.459 e. The van der Waals surface area contributed by atoms with Crippen molar-refractivity contribution in [2.75, 3.05) is 0 Å². The first-order valence-corrected chi connectivity index (χ1v) is 10.5. The second-order valence-electron chi connectivity index (χ2n) is 8.31. The van der Waals surface area contributed by atoms with E-state index >= 15 is 0 Å². The molecule has 0 saturated carbocycles. The fraction of sp³-hybridized carbons (Fsp3) is 0.600. The molecule has 6 heteroatoms. The Kier molecular flexibility index (Phi) is 6.49. The number of ether oxygens (including phenoxy) is 1. The van der Waals surface area contributed by atoms with E-state index in [1.54, 1.807) is 6.92 Å². The Bertz CT molecular complexity index is 710. The molecule has 0 bridgehead atoms. The van der Waals surface area contributed by atoms with Crippen LogP contribution in [0, 0.1) is 0 Å². The molecule has 144 valence electrons. The number of carbonyl (C=O) groups is 2. The van der Waals surface area contributed by atoms with Gasteiger partial charge in [-0.2, -0.15) is 0 Å². The van der Waals surface area contributed by atoms with Gasteiger partial charge in [0, 0.05) is 22.3 Å². The van der Waals surface area contributed by atoms with Crippen LogP contribution in [0.3, 0.4) is 0 Å². The standard InChI is InChI=1S/C20H28BrNO3S/c1-12(23)22-15-8-7-13-11-17(16(21)10-14(13)9-15)26-20(5,6)18(24)25-19(2,3)4/h10-11,15H,7-9H2,1-6H3,(H,22,23). The number of rotatable bonds is 4. The summed E-state index contributed by atoms with van der Waals surface area (Å²) in [6, 6.07) is 4.49. The summed E-state index contributed by atoms with van der Waals surface area (Å²) in [6.45, 7) is 11.0. The highest BCUT2D eigenvalue weighted by atomic mass is 79.9. The van der Waals surface area contributed by atoms with Crippen molar-refractivity contribution in [2.45, 2.75) is 82.1 Å². The minimum absolute atomic E-state index is 0.0174. The Balaban J connectivity index is 2.17. The third kappa shape index (κ3) is 5.74. The van der Waals surface area contributed by atoms with E-state index in [1.165, 1.54) is 22.9 Å². The van der Waals surface area contributed by atoms with Gasteiger partial charge in [0.15, 0.2) is 0 Å². The van der Waals surface area contributed by atoms with Crippen LogP contribution in [0.2, 0.25) is 0 Å². The van der Waals surface area contributed by atoms with Gasteiger partial charge in [-0.05, 0) is 93.1 Å². The van der Waals surface area contributed by atoms with E-state index in [0.717, 1.165) is 28.6 Å². The maximum atomic E-state index is 12.5. The highest BCUT2D eigenvalue weighted by molar-refractivity contribution is 9.10. The van der Waals surface area contributed by atoms with Crippen LogP contribution in [0.5, 0.6) is 0 Å².